The highest BCUT2D eigenvalue weighted by Crippen LogP contribution is 2.23. The van der Waals surface area contributed by atoms with Gasteiger partial charge in [0, 0.05) is 4.47 Å². The second kappa shape index (κ2) is 5.34. The molecule has 98 valence electrons. The van der Waals surface area contributed by atoms with Gasteiger partial charge in [0.05, 0.1) is 5.69 Å². The molecule has 0 aliphatic carbocycles. The summed E-state index contributed by atoms with van der Waals surface area (Å²) in [5.41, 5.74) is -1.05. The first-order valence-electron chi connectivity index (χ1n) is 5.00. The Labute approximate surface area is 112 Å². The van der Waals surface area contributed by atoms with E-state index in [0.717, 1.165) is 0 Å². The number of rotatable bonds is 3. The largest absolute Gasteiger partial charge is 0.480 e. The Hall–Kier alpha value is -1.63. The number of amides is 2. The van der Waals surface area contributed by atoms with Crippen molar-refractivity contribution in [2.24, 2.45) is 0 Å². The van der Waals surface area contributed by atoms with Crippen molar-refractivity contribution in [3.05, 3.63) is 28.5 Å². The van der Waals surface area contributed by atoms with E-state index >= 15 is 0 Å². The van der Waals surface area contributed by atoms with E-state index in [1.54, 1.807) is 0 Å². The molecule has 0 heterocycles. The van der Waals surface area contributed by atoms with Crippen LogP contribution in [-0.2, 0) is 4.79 Å². The lowest BCUT2D eigenvalue weighted by molar-refractivity contribution is -0.142. The summed E-state index contributed by atoms with van der Waals surface area (Å²) in [6, 6.07) is 3.06. The van der Waals surface area contributed by atoms with Gasteiger partial charge < -0.3 is 15.7 Å². The van der Waals surface area contributed by atoms with Crippen molar-refractivity contribution in [1.82, 2.24) is 5.32 Å². The highest BCUT2D eigenvalue weighted by atomic mass is 79.9. The van der Waals surface area contributed by atoms with Crippen molar-refractivity contribution >= 4 is 33.6 Å². The molecule has 0 radical (unpaired) electrons. The Morgan fingerprint density at radius 3 is 2.50 bits per heavy atom. The number of aliphatic carboxylic acids is 1. The number of carboxylic acid groups (broad SMARTS) is 1. The van der Waals surface area contributed by atoms with Crippen molar-refractivity contribution in [2.75, 3.05) is 5.32 Å². The standard InChI is InChI=1S/C11H12BrFN2O3/c1-11(2,9(16)17)15-10(18)14-8-4-3-6(13)5-7(8)12/h3-5H,1-2H3,(H,16,17)(H2,14,15,18). The van der Waals surface area contributed by atoms with Crippen LogP contribution in [0.4, 0.5) is 14.9 Å². The van der Waals surface area contributed by atoms with E-state index in [1.807, 2.05) is 0 Å². The fraction of sp³-hybridized carbons (Fsp3) is 0.273. The minimum atomic E-state index is -1.39. The van der Waals surface area contributed by atoms with Gasteiger partial charge in [-0.25, -0.2) is 14.0 Å². The second-order valence-electron chi connectivity index (χ2n) is 4.13. The van der Waals surface area contributed by atoms with Crippen molar-refractivity contribution in [3.63, 3.8) is 0 Å². The summed E-state index contributed by atoms with van der Waals surface area (Å²) >= 11 is 3.09. The third-order valence-corrected chi connectivity index (χ3v) is 2.80. The summed E-state index contributed by atoms with van der Waals surface area (Å²) in [6.45, 7) is 2.71. The average molecular weight is 319 g/mol. The van der Waals surface area contributed by atoms with Crippen LogP contribution >= 0.6 is 15.9 Å². The first-order chi connectivity index (χ1) is 8.22. The predicted octanol–water partition coefficient (Wildman–Crippen LogP) is 2.57. The van der Waals surface area contributed by atoms with E-state index in [4.69, 9.17) is 5.11 Å². The van der Waals surface area contributed by atoms with Crippen molar-refractivity contribution in [1.29, 1.82) is 0 Å². The van der Waals surface area contributed by atoms with E-state index in [1.165, 1.54) is 32.0 Å². The summed E-state index contributed by atoms with van der Waals surface area (Å²) in [5.74, 6) is -1.60. The molecule has 0 saturated carbocycles. The predicted molar refractivity (Wildman–Crippen MR) is 68.0 cm³/mol. The molecule has 0 aliphatic heterocycles. The molecule has 1 aromatic rings. The topological polar surface area (TPSA) is 78.4 Å². The lowest BCUT2D eigenvalue weighted by atomic mass is 10.1. The molecule has 2 amide bonds. The van der Waals surface area contributed by atoms with Gasteiger partial charge in [0.25, 0.3) is 0 Å². The van der Waals surface area contributed by atoms with Gasteiger partial charge in [0.1, 0.15) is 11.4 Å². The maximum Gasteiger partial charge on any atom is 0.328 e. The van der Waals surface area contributed by atoms with E-state index in [9.17, 15) is 14.0 Å². The fourth-order valence-electron chi connectivity index (χ4n) is 1.08. The molecule has 5 nitrogen and oxygen atoms in total. The first-order valence-corrected chi connectivity index (χ1v) is 5.79. The molecular formula is C11H12BrFN2O3. The van der Waals surface area contributed by atoms with Crippen LogP contribution in [0.1, 0.15) is 13.8 Å². The molecule has 0 bridgehead atoms. The Kier molecular flexibility index (Phi) is 4.28. The zero-order valence-electron chi connectivity index (χ0n) is 9.75. The number of carboxylic acids is 1. The maximum atomic E-state index is 12.8. The zero-order chi connectivity index (χ0) is 13.9. The van der Waals surface area contributed by atoms with Gasteiger partial charge in [0.15, 0.2) is 0 Å². The van der Waals surface area contributed by atoms with Gasteiger partial charge in [-0.05, 0) is 48.0 Å². The molecule has 7 heteroatoms. The SMILES string of the molecule is CC(C)(NC(=O)Nc1ccc(F)cc1Br)C(=O)O. The monoisotopic (exact) mass is 318 g/mol. The number of hydrogen-bond acceptors (Lipinski definition) is 2. The first kappa shape index (κ1) is 14.4. The van der Waals surface area contributed by atoms with Crippen molar-refractivity contribution < 1.29 is 19.1 Å². The molecule has 0 spiro atoms. The molecule has 18 heavy (non-hydrogen) atoms. The average Bonchev–Trinajstić information content (AvgIpc) is 2.21. The molecule has 1 aromatic carbocycles. The minimum absolute atomic E-state index is 0.343. The van der Waals surface area contributed by atoms with Crippen LogP contribution in [0.25, 0.3) is 0 Å². The van der Waals surface area contributed by atoms with Crippen LogP contribution in [-0.4, -0.2) is 22.6 Å². The van der Waals surface area contributed by atoms with Crippen LogP contribution in [0, 0.1) is 5.82 Å². The molecule has 0 aliphatic rings. The molecule has 0 fully saturated rings. The van der Waals surface area contributed by atoms with Crippen molar-refractivity contribution in [2.45, 2.75) is 19.4 Å². The summed E-state index contributed by atoms with van der Waals surface area (Å²) in [7, 11) is 0. The van der Waals surface area contributed by atoms with Gasteiger partial charge in [-0.2, -0.15) is 0 Å². The molecule has 0 saturated heterocycles. The van der Waals surface area contributed by atoms with Gasteiger partial charge in [-0.15, -0.1) is 0 Å². The fourth-order valence-corrected chi connectivity index (χ4v) is 1.53. The van der Waals surface area contributed by atoms with Crippen LogP contribution in [0.15, 0.2) is 22.7 Å². The molecular weight excluding hydrogens is 307 g/mol. The third kappa shape index (κ3) is 3.69. The molecule has 3 N–H and O–H groups in total. The van der Waals surface area contributed by atoms with E-state index in [-0.39, 0.29) is 0 Å². The number of carbonyl (C=O) groups is 2. The molecule has 0 unspecified atom stereocenters. The maximum absolute atomic E-state index is 12.8. The normalized spacial score (nSPS) is 10.9. The number of nitrogens with one attached hydrogen (secondary N) is 2. The number of hydrogen-bond donors (Lipinski definition) is 3. The number of benzene rings is 1. The van der Waals surface area contributed by atoms with Crippen LogP contribution in [0.2, 0.25) is 0 Å². The summed E-state index contributed by atoms with van der Waals surface area (Å²) in [4.78, 5) is 22.4. The number of urea groups is 1. The Bertz CT molecular complexity index is 491. The van der Waals surface area contributed by atoms with Gasteiger partial charge in [-0.1, -0.05) is 0 Å². The van der Waals surface area contributed by atoms with Gasteiger partial charge in [0.2, 0.25) is 0 Å². The Morgan fingerprint density at radius 2 is 2.00 bits per heavy atom. The molecule has 0 atom stereocenters. The Morgan fingerprint density at radius 1 is 1.39 bits per heavy atom. The lowest BCUT2D eigenvalue weighted by Crippen LogP contribution is -2.51. The minimum Gasteiger partial charge on any atom is -0.480 e. The number of halogens is 2. The van der Waals surface area contributed by atoms with Crippen molar-refractivity contribution in [3.8, 4) is 0 Å². The Balaban J connectivity index is 2.74. The van der Waals surface area contributed by atoms with Crippen LogP contribution in [0.5, 0.6) is 0 Å². The lowest BCUT2D eigenvalue weighted by Gasteiger charge is -2.21. The summed E-state index contributed by atoms with van der Waals surface area (Å²) in [5, 5.41) is 13.5. The van der Waals surface area contributed by atoms with Gasteiger partial charge in [-0.3, -0.25) is 0 Å². The molecule has 1 rings (SSSR count). The van der Waals surface area contributed by atoms with Crippen LogP contribution in [0.3, 0.4) is 0 Å². The smallest absolute Gasteiger partial charge is 0.328 e. The van der Waals surface area contributed by atoms with E-state index < -0.39 is 23.4 Å². The van der Waals surface area contributed by atoms with E-state index in [2.05, 4.69) is 26.6 Å². The second-order valence-corrected chi connectivity index (χ2v) is 4.99. The zero-order valence-corrected chi connectivity index (χ0v) is 11.3. The highest BCUT2D eigenvalue weighted by molar-refractivity contribution is 9.10. The van der Waals surface area contributed by atoms with Gasteiger partial charge >= 0.3 is 12.0 Å². The van der Waals surface area contributed by atoms with Crippen LogP contribution < -0.4 is 10.6 Å². The summed E-state index contributed by atoms with van der Waals surface area (Å²) in [6.07, 6.45) is 0. The quantitative estimate of drug-likeness (QED) is 0.801. The third-order valence-electron chi connectivity index (χ3n) is 2.14. The molecule has 0 aromatic heterocycles. The number of carbonyl (C=O) groups excluding carboxylic acids is 1. The summed E-state index contributed by atoms with van der Waals surface area (Å²) < 4.78 is 13.2. The highest BCUT2D eigenvalue weighted by Gasteiger charge is 2.29. The number of anilines is 1. The van der Waals surface area contributed by atoms with E-state index in [0.29, 0.717) is 10.2 Å².